The van der Waals surface area contributed by atoms with Crippen molar-refractivity contribution in [1.82, 2.24) is 10.3 Å². The zero-order valence-electron chi connectivity index (χ0n) is 11.1. The van der Waals surface area contributed by atoms with Gasteiger partial charge in [0.25, 0.3) is 0 Å². The second-order valence-electron chi connectivity index (χ2n) is 4.51. The molecule has 0 aliphatic rings. The number of aromatic nitrogens is 1. The maximum atomic E-state index is 4.67. The molecule has 0 radical (unpaired) electrons. The van der Waals surface area contributed by atoms with E-state index in [1.165, 1.54) is 22.6 Å². The van der Waals surface area contributed by atoms with E-state index in [0.717, 1.165) is 25.2 Å². The van der Waals surface area contributed by atoms with Gasteiger partial charge in [0.05, 0.1) is 10.7 Å². The summed E-state index contributed by atoms with van der Waals surface area (Å²) in [6, 6.07) is 8.53. The summed E-state index contributed by atoms with van der Waals surface area (Å²) in [4.78, 5) is 4.67. The van der Waals surface area contributed by atoms with Crippen molar-refractivity contribution in [1.29, 1.82) is 0 Å². The predicted octanol–water partition coefficient (Wildman–Crippen LogP) is 3.54. The van der Waals surface area contributed by atoms with Crippen LogP contribution in [0.3, 0.4) is 0 Å². The van der Waals surface area contributed by atoms with Gasteiger partial charge in [-0.15, -0.1) is 11.3 Å². The maximum Gasteiger partial charge on any atom is 0.0972 e. The van der Waals surface area contributed by atoms with E-state index in [2.05, 4.69) is 53.8 Å². The third-order valence-electron chi connectivity index (χ3n) is 2.94. The van der Waals surface area contributed by atoms with Crippen LogP contribution in [-0.4, -0.2) is 11.5 Å². The van der Waals surface area contributed by atoms with Gasteiger partial charge < -0.3 is 5.32 Å². The Balaban J connectivity index is 1.96. The van der Waals surface area contributed by atoms with Gasteiger partial charge in [-0.05, 0) is 31.0 Å². The molecule has 0 atom stereocenters. The van der Waals surface area contributed by atoms with Gasteiger partial charge in [0.15, 0.2) is 0 Å². The van der Waals surface area contributed by atoms with Gasteiger partial charge >= 0.3 is 0 Å². The van der Waals surface area contributed by atoms with Crippen LogP contribution in [0.1, 0.15) is 35.2 Å². The van der Waals surface area contributed by atoms with E-state index in [1.54, 1.807) is 11.3 Å². The number of nitrogens with zero attached hydrogens (tertiary/aromatic N) is 1. The molecule has 0 aliphatic carbocycles. The monoisotopic (exact) mass is 260 g/mol. The summed E-state index contributed by atoms with van der Waals surface area (Å²) < 4.78 is 0. The van der Waals surface area contributed by atoms with E-state index in [9.17, 15) is 0 Å². The van der Waals surface area contributed by atoms with Gasteiger partial charge in [-0.25, -0.2) is 4.98 Å². The van der Waals surface area contributed by atoms with Crippen LogP contribution in [0.15, 0.2) is 29.6 Å². The van der Waals surface area contributed by atoms with Gasteiger partial charge in [0.1, 0.15) is 0 Å². The van der Waals surface area contributed by atoms with Crippen LogP contribution >= 0.6 is 11.3 Å². The number of thiazole rings is 1. The molecule has 0 fully saturated rings. The highest BCUT2D eigenvalue weighted by Gasteiger charge is 2.04. The molecule has 0 aliphatic heterocycles. The normalized spacial score (nSPS) is 10.8. The molecule has 96 valence electrons. The SMILES string of the molecule is CCCNCc1csc(Cc2ccccc2C)n1. The number of hydrogen-bond donors (Lipinski definition) is 1. The summed E-state index contributed by atoms with van der Waals surface area (Å²) in [5.74, 6) is 0. The fourth-order valence-electron chi connectivity index (χ4n) is 1.88. The summed E-state index contributed by atoms with van der Waals surface area (Å²) in [7, 11) is 0. The summed E-state index contributed by atoms with van der Waals surface area (Å²) in [5, 5.41) is 6.75. The van der Waals surface area contributed by atoms with Crippen molar-refractivity contribution in [3.63, 3.8) is 0 Å². The molecule has 0 amide bonds. The largest absolute Gasteiger partial charge is 0.311 e. The zero-order valence-corrected chi connectivity index (χ0v) is 11.9. The van der Waals surface area contributed by atoms with Crippen molar-refractivity contribution in [2.45, 2.75) is 33.2 Å². The van der Waals surface area contributed by atoms with Crippen LogP contribution in [0.4, 0.5) is 0 Å². The molecule has 0 bridgehead atoms. The molecule has 2 rings (SSSR count). The third kappa shape index (κ3) is 3.65. The van der Waals surface area contributed by atoms with Crippen LogP contribution in [0.2, 0.25) is 0 Å². The minimum Gasteiger partial charge on any atom is -0.311 e. The van der Waals surface area contributed by atoms with Gasteiger partial charge in [-0.2, -0.15) is 0 Å². The van der Waals surface area contributed by atoms with Gasteiger partial charge in [0.2, 0.25) is 0 Å². The molecule has 1 aromatic heterocycles. The summed E-state index contributed by atoms with van der Waals surface area (Å²) in [6.07, 6.45) is 2.12. The lowest BCUT2D eigenvalue weighted by Crippen LogP contribution is -2.13. The third-order valence-corrected chi connectivity index (χ3v) is 3.83. The lowest BCUT2D eigenvalue weighted by atomic mass is 10.1. The molecule has 2 nitrogen and oxygen atoms in total. The van der Waals surface area contributed by atoms with E-state index in [-0.39, 0.29) is 0 Å². The molecular formula is C15H20N2S. The smallest absolute Gasteiger partial charge is 0.0972 e. The molecule has 0 spiro atoms. The zero-order chi connectivity index (χ0) is 12.8. The van der Waals surface area contributed by atoms with Crippen molar-refractivity contribution in [3.8, 4) is 0 Å². The summed E-state index contributed by atoms with van der Waals surface area (Å²) in [5.41, 5.74) is 3.88. The van der Waals surface area contributed by atoms with E-state index in [0.29, 0.717) is 0 Å². The van der Waals surface area contributed by atoms with E-state index < -0.39 is 0 Å². The van der Waals surface area contributed by atoms with Gasteiger partial charge in [-0.3, -0.25) is 0 Å². The Morgan fingerprint density at radius 2 is 2.11 bits per heavy atom. The average Bonchev–Trinajstić information content (AvgIpc) is 2.80. The second kappa shape index (κ2) is 6.66. The molecular weight excluding hydrogens is 240 g/mol. The Morgan fingerprint density at radius 3 is 2.89 bits per heavy atom. The molecule has 1 aromatic carbocycles. The van der Waals surface area contributed by atoms with Crippen LogP contribution in [0, 0.1) is 6.92 Å². The van der Waals surface area contributed by atoms with Crippen LogP contribution < -0.4 is 5.32 Å². The molecule has 0 saturated heterocycles. The first-order chi connectivity index (χ1) is 8.79. The number of hydrogen-bond acceptors (Lipinski definition) is 3. The number of aryl methyl sites for hydroxylation is 1. The maximum absolute atomic E-state index is 4.67. The fourth-order valence-corrected chi connectivity index (χ4v) is 2.69. The fraction of sp³-hybridized carbons (Fsp3) is 0.400. The van der Waals surface area contributed by atoms with Crippen LogP contribution in [-0.2, 0) is 13.0 Å². The highest BCUT2D eigenvalue weighted by Crippen LogP contribution is 2.17. The standard InChI is InChI=1S/C15H20N2S/c1-3-8-16-10-14-11-18-15(17-14)9-13-7-5-4-6-12(13)2/h4-7,11,16H,3,8-10H2,1-2H3. The first-order valence-electron chi connectivity index (χ1n) is 6.48. The van der Waals surface area contributed by atoms with Gasteiger partial charge in [0, 0.05) is 18.3 Å². The minimum absolute atomic E-state index is 0.887. The highest BCUT2D eigenvalue weighted by molar-refractivity contribution is 7.09. The van der Waals surface area contributed by atoms with Crippen LogP contribution in [0.5, 0.6) is 0 Å². The quantitative estimate of drug-likeness (QED) is 0.804. The first kappa shape index (κ1) is 13.2. The van der Waals surface area contributed by atoms with Crippen molar-refractivity contribution >= 4 is 11.3 Å². The van der Waals surface area contributed by atoms with Crippen molar-refractivity contribution in [2.75, 3.05) is 6.54 Å². The highest BCUT2D eigenvalue weighted by atomic mass is 32.1. The molecule has 18 heavy (non-hydrogen) atoms. The molecule has 0 saturated carbocycles. The molecule has 1 N–H and O–H groups in total. The van der Waals surface area contributed by atoms with Crippen molar-refractivity contribution < 1.29 is 0 Å². The van der Waals surface area contributed by atoms with E-state index in [4.69, 9.17) is 0 Å². The lowest BCUT2D eigenvalue weighted by molar-refractivity contribution is 0.665. The number of benzene rings is 1. The van der Waals surface area contributed by atoms with E-state index in [1.807, 2.05) is 0 Å². The van der Waals surface area contributed by atoms with Crippen LogP contribution in [0.25, 0.3) is 0 Å². The number of rotatable bonds is 6. The number of nitrogens with one attached hydrogen (secondary N) is 1. The lowest BCUT2D eigenvalue weighted by Gasteiger charge is -2.02. The Morgan fingerprint density at radius 1 is 1.28 bits per heavy atom. The van der Waals surface area contributed by atoms with Crippen molar-refractivity contribution in [3.05, 3.63) is 51.5 Å². The predicted molar refractivity (Wildman–Crippen MR) is 78.1 cm³/mol. The summed E-state index contributed by atoms with van der Waals surface area (Å²) >= 11 is 1.76. The molecule has 0 unspecified atom stereocenters. The van der Waals surface area contributed by atoms with Gasteiger partial charge in [-0.1, -0.05) is 31.2 Å². The molecule has 1 heterocycles. The second-order valence-corrected chi connectivity index (χ2v) is 5.46. The minimum atomic E-state index is 0.887. The first-order valence-corrected chi connectivity index (χ1v) is 7.36. The Bertz CT molecular complexity index is 491. The van der Waals surface area contributed by atoms with E-state index >= 15 is 0 Å². The molecule has 2 aromatic rings. The topological polar surface area (TPSA) is 24.9 Å². The Labute approximate surface area is 113 Å². The Hall–Kier alpha value is -1.19. The Kier molecular flexibility index (Phi) is 4.90. The summed E-state index contributed by atoms with van der Waals surface area (Å²) in [6.45, 7) is 6.28. The average molecular weight is 260 g/mol. The molecule has 3 heteroatoms. The van der Waals surface area contributed by atoms with Crippen molar-refractivity contribution in [2.24, 2.45) is 0 Å².